The Kier molecular flexibility index (Phi) is 4.29. The third-order valence-electron chi connectivity index (χ3n) is 5.20. The summed E-state index contributed by atoms with van der Waals surface area (Å²) >= 11 is 0. The molecule has 0 unspecified atom stereocenters. The first-order valence-electron chi connectivity index (χ1n) is 8.95. The molecule has 5 heteroatoms. The molecule has 1 saturated heterocycles. The van der Waals surface area contributed by atoms with E-state index < -0.39 is 0 Å². The Morgan fingerprint density at radius 2 is 2.08 bits per heavy atom. The summed E-state index contributed by atoms with van der Waals surface area (Å²) in [6.07, 6.45) is 2.90. The van der Waals surface area contributed by atoms with Crippen molar-refractivity contribution < 1.29 is 4.74 Å². The van der Waals surface area contributed by atoms with Gasteiger partial charge in [-0.2, -0.15) is 0 Å². The molecule has 0 aliphatic carbocycles. The Labute approximate surface area is 142 Å². The highest BCUT2D eigenvalue weighted by Crippen LogP contribution is 2.30. The minimum Gasteiger partial charge on any atom is -0.384 e. The number of aryl methyl sites for hydroxylation is 1. The molecule has 128 valence electrons. The van der Waals surface area contributed by atoms with Crippen LogP contribution in [0.15, 0.2) is 16.9 Å². The van der Waals surface area contributed by atoms with Crippen LogP contribution in [0.2, 0.25) is 0 Å². The van der Waals surface area contributed by atoms with Gasteiger partial charge in [-0.15, -0.1) is 0 Å². The number of fused-ring (bicyclic) bond motifs is 3. The van der Waals surface area contributed by atoms with Crippen LogP contribution in [-0.4, -0.2) is 49.3 Å². The maximum absolute atomic E-state index is 12.4. The molecule has 0 radical (unpaired) electrons. The lowest BCUT2D eigenvalue weighted by molar-refractivity contribution is 0.0384. The van der Waals surface area contributed by atoms with Crippen LogP contribution < -0.4 is 10.9 Å². The van der Waals surface area contributed by atoms with Crippen LogP contribution in [0.5, 0.6) is 0 Å². The van der Waals surface area contributed by atoms with Gasteiger partial charge >= 0.3 is 0 Å². The predicted octanol–water partition coefficient (Wildman–Crippen LogP) is 2.07. The maximum atomic E-state index is 12.4. The SMILES string of the molecule is Cc1cc(CCN2CCOCC2)cc2[nH]c(=O)c3c(c12)NCCC3. The summed E-state index contributed by atoms with van der Waals surface area (Å²) in [6, 6.07) is 4.43. The average Bonchev–Trinajstić information content (AvgIpc) is 2.61. The van der Waals surface area contributed by atoms with Gasteiger partial charge in [-0.25, -0.2) is 0 Å². The number of aromatic amines is 1. The molecule has 2 aliphatic heterocycles. The van der Waals surface area contributed by atoms with E-state index >= 15 is 0 Å². The molecule has 2 N–H and O–H groups in total. The highest BCUT2D eigenvalue weighted by Gasteiger charge is 2.18. The summed E-state index contributed by atoms with van der Waals surface area (Å²) in [5.74, 6) is 0. The summed E-state index contributed by atoms with van der Waals surface area (Å²) in [5.41, 5.74) is 5.53. The largest absolute Gasteiger partial charge is 0.384 e. The monoisotopic (exact) mass is 327 g/mol. The molecule has 1 aromatic carbocycles. The van der Waals surface area contributed by atoms with E-state index in [1.807, 2.05) is 0 Å². The van der Waals surface area contributed by atoms with E-state index in [2.05, 4.69) is 34.3 Å². The Balaban J connectivity index is 1.65. The number of pyridine rings is 1. The minimum absolute atomic E-state index is 0.0643. The molecular weight excluding hydrogens is 302 g/mol. The van der Waals surface area contributed by atoms with Gasteiger partial charge in [0.25, 0.3) is 5.56 Å². The van der Waals surface area contributed by atoms with Crippen molar-refractivity contribution in [3.05, 3.63) is 39.2 Å². The van der Waals surface area contributed by atoms with Crippen molar-refractivity contribution in [2.24, 2.45) is 0 Å². The molecule has 0 saturated carbocycles. The van der Waals surface area contributed by atoms with Gasteiger partial charge in [0.15, 0.2) is 0 Å². The van der Waals surface area contributed by atoms with E-state index in [0.717, 1.165) is 75.4 Å². The zero-order valence-electron chi connectivity index (χ0n) is 14.3. The van der Waals surface area contributed by atoms with Crippen molar-refractivity contribution in [3.63, 3.8) is 0 Å². The van der Waals surface area contributed by atoms with Crippen molar-refractivity contribution in [2.75, 3.05) is 44.7 Å². The molecule has 4 rings (SSSR count). The van der Waals surface area contributed by atoms with Gasteiger partial charge in [0.2, 0.25) is 0 Å². The van der Waals surface area contributed by atoms with Crippen LogP contribution >= 0.6 is 0 Å². The molecule has 3 heterocycles. The third kappa shape index (κ3) is 2.94. The van der Waals surface area contributed by atoms with Crippen LogP contribution in [0.3, 0.4) is 0 Å². The van der Waals surface area contributed by atoms with Crippen molar-refractivity contribution in [3.8, 4) is 0 Å². The van der Waals surface area contributed by atoms with E-state index in [1.54, 1.807) is 0 Å². The highest BCUT2D eigenvalue weighted by atomic mass is 16.5. The standard InChI is InChI=1S/C19H25N3O2/c1-13-11-14(4-6-22-7-9-24-10-8-22)12-16-17(13)18-15(19(23)21-16)3-2-5-20-18/h11-12,20H,2-10H2,1H3,(H,21,23). The number of morpholine rings is 1. The van der Waals surface area contributed by atoms with Crippen molar-refractivity contribution >= 4 is 16.6 Å². The fourth-order valence-corrected chi connectivity index (χ4v) is 3.92. The van der Waals surface area contributed by atoms with Crippen LogP contribution in [0, 0.1) is 6.92 Å². The van der Waals surface area contributed by atoms with Crippen molar-refractivity contribution in [1.82, 2.24) is 9.88 Å². The lowest BCUT2D eigenvalue weighted by Gasteiger charge is -2.26. The van der Waals surface area contributed by atoms with Gasteiger partial charge in [0, 0.05) is 37.1 Å². The summed E-state index contributed by atoms with van der Waals surface area (Å²) in [7, 11) is 0. The fraction of sp³-hybridized carbons (Fsp3) is 0.526. The second-order valence-electron chi connectivity index (χ2n) is 6.88. The topological polar surface area (TPSA) is 57.4 Å². The van der Waals surface area contributed by atoms with Crippen molar-refractivity contribution in [2.45, 2.75) is 26.2 Å². The lowest BCUT2D eigenvalue weighted by Crippen LogP contribution is -2.37. The smallest absolute Gasteiger partial charge is 0.253 e. The Bertz CT molecular complexity index is 806. The first-order chi connectivity index (χ1) is 11.7. The highest BCUT2D eigenvalue weighted by molar-refractivity contribution is 5.96. The lowest BCUT2D eigenvalue weighted by atomic mass is 9.96. The van der Waals surface area contributed by atoms with Crippen LogP contribution in [-0.2, 0) is 17.6 Å². The number of nitrogens with zero attached hydrogens (tertiary/aromatic N) is 1. The minimum atomic E-state index is 0.0643. The zero-order chi connectivity index (χ0) is 16.5. The van der Waals surface area contributed by atoms with Crippen LogP contribution in [0.4, 0.5) is 5.69 Å². The quantitative estimate of drug-likeness (QED) is 0.906. The Morgan fingerprint density at radius 3 is 2.92 bits per heavy atom. The number of nitrogens with one attached hydrogen (secondary N) is 2. The summed E-state index contributed by atoms with van der Waals surface area (Å²) in [4.78, 5) is 17.9. The molecule has 2 aromatic rings. The normalized spacial score (nSPS) is 18.4. The van der Waals surface area contributed by atoms with Gasteiger partial charge in [0.1, 0.15) is 0 Å². The second kappa shape index (κ2) is 6.57. The number of hydrogen-bond donors (Lipinski definition) is 2. The molecule has 24 heavy (non-hydrogen) atoms. The van der Waals surface area contributed by atoms with E-state index in [4.69, 9.17) is 4.74 Å². The molecule has 1 fully saturated rings. The number of H-pyrrole nitrogens is 1. The first-order valence-corrected chi connectivity index (χ1v) is 8.95. The number of anilines is 1. The van der Waals surface area contributed by atoms with Crippen LogP contribution in [0.1, 0.15) is 23.1 Å². The number of ether oxygens (including phenoxy) is 1. The van der Waals surface area contributed by atoms with E-state index in [9.17, 15) is 4.79 Å². The molecule has 0 amide bonds. The van der Waals surface area contributed by atoms with Crippen LogP contribution in [0.25, 0.3) is 10.9 Å². The zero-order valence-corrected chi connectivity index (χ0v) is 14.3. The van der Waals surface area contributed by atoms with E-state index in [0.29, 0.717) is 0 Å². The average molecular weight is 327 g/mol. The molecule has 0 bridgehead atoms. The molecule has 2 aliphatic rings. The molecule has 0 spiro atoms. The van der Waals surface area contributed by atoms with E-state index in [-0.39, 0.29) is 5.56 Å². The van der Waals surface area contributed by atoms with Gasteiger partial charge in [-0.1, -0.05) is 6.07 Å². The fourth-order valence-electron chi connectivity index (χ4n) is 3.92. The third-order valence-corrected chi connectivity index (χ3v) is 5.20. The maximum Gasteiger partial charge on any atom is 0.253 e. The molecule has 1 aromatic heterocycles. The Hall–Kier alpha value is -1.85. The summed E-state index contributed by atoms with van der Waals surface area (Å²) in [6.45, 7) is 7.84. The molecule has 0 atom stereocenters. The first kappa shape index (κ1) is 15.7. The van der Waals surface area contributed by atoms with Gasteiger partial charge in [-0.3, -0.25) is 9.69 Å². The van der Waals surface area contributed by atoms with Gasteiger partial charge in [-0.05, 0) is 43.4 Å². The number of hydrogen-bond acceptors (Lipinski definition) is 4. The number of aromatic nitrogens is 1. The molecular formula is C19H25N3O2. The second-order valence-corrected chi connectivity index (χ2v) is 6.88. The summed E-state index contributed by atoms with van der Waals surface area (Å²) in [5, 5.41) is 4.63. The number of benzene rings is 1. The number of rotatable bonds is 3. The Morgan fingerprint density at radius 1 is 1.25 bits per heavy atom. The van der Waals surface area contributed by atoms with Crippen molar-refractivity contribution in [1.29, 1.82) is 0 Å². The van der Waals surface area contributed by atoms with E-state index in [1.165, 1.54) is 16.5 Å². The van der Waals surface area contributed by atoms with Gasteiger partial charge < -0.3 is 15.0 Å². The van der Waals surface area contributed by atoms with Gasteiger partial charge in [0.05, 0.1) is 24.4 Å². The molecule has 5 nitrogen and oxygen atoms in total. The summed E-state index contributed by atoms with van der Waals surface area (Å²) < 4.78 is 5.41. The predicted molar refractivity (Wildman–Crippen MR) is 97.1 cm³/mol.